The van der Waals surface area contributed by atoms with E-state index in [0.717, 1.165) is 12.1 Å². The molecule has 0 radical (unpaired) electrons. The topological polar surface area (TPSA) is 192 Å². The molecule has 178 valence electrons. The Hall–Kier alpha value is -2.42. The van der Waals surface area contributed by atoms with Crippen molar-refractivity contribution in [2.45, 2.75) is 31.1 Å². The van der Waals surface area contributed by atoms with Crippen LogP contribution in [-0.2, 0) is 15.8 Å². The van der Waals surface area contributed by atoms with Gasteiger partial charge in [0.25, 0.3) is 0 Å². The summed E-state index contributed by atoms with van der Waals surface area (Å²) in [6.07, 6.45) is -2.14. The Morgan fingerprint density at radius 1 is 1.24 bits per heavy atom. The minimum atomic E-state index is -4.99. The van der Waals surface area contributed by atoms with E-state index in [1.165, 1.54) is 17.2 Å². The quantitative estimate of drug-likeness (QED) is 0.241. The standard InChI is InChI=1S/C17H18ClFN5O8P/c18-8-2-9(19)10(32-33(28,29)30)1-7(8)3-20-15-12-16(22-5-21-15)24(6-23-12)17-14(27)13(26)11(4-25)31-17/h1-2,5-6,11,13-14,17,25-27H,3-4H2,(H,20,21,22)(H2,28,29,30)/t11-,13-,14-,17-/m1/s1. The summed E-state index contributed by atoms with van der Waals surface area (Å²) < 4.78 is 36.2. The fourth-order valence-corrected chi connectivity index (χ4v) is 3.97. The summed E-state index contributed by atoms with van der Waals surface area (Å²) in [4.78, 5) is 30.3. The summed E-state index contributed by atoms with van der Waals surface area (Å²) in [5, 5.41) is 32.4. The minimum Gasteiger partial charge on any atom is -0.401 e. The van der Waals surface area contributed by atoms with Crippen LogP contribution in [0.15, 0.2) is 24.8 Å². The van der Waals surface area contributed by atoms with Crippen molar-refractivity contribution in [3.8, 4) is 5.75 Å². The Labute approximate surface area is 189 Å². The summed E-state index contributed by atoms with van der Waals surface area (Å²) in [6, 6.07) is 1.90. The van der Waals surface area contributed by atoms with Crippen molar-refractivity contribution < 1.29 is 43.3 Å². The van der Waals surface area contributed by atoms with Crippen LogP contribution in [0.25, 0.3) is 11.2 Å². The zero-order chi connectivity index (χ0) is 23.9. The number of rotatable bonds is 7. The summed E-state index contributed by atoms with van der Waals surface area (Å²) >= 11 is 6.03. The lowest BCUT2D eigenvalue weighted by Gasteiger charge is -2.16. The molecule has 1 saturated heterocycles. The van der Waals surface area contributed by atoms with E-state index in [9.17, 15) is 24.3 Å². The largest absolute Gasteiger partial charge is 0.524 e. The molecule has 2 aromatic heterocycles. The number of nitrogens with one attached hydrogen (secondary N) is 1. The lowest BCUT2D eigenvalue weighted by molar-refractivity contribution is -0.0511. The van der Waals surface area contributed by atoms with Gasteiger partial charge in [-0.3, -0.25) is 14.4 Å². The van der Waals surface area contributed by atoms with Crippen LogP contribution in [0.5, 0.6) is 5.75 Å². The van der Waals surface area contributed by atoms with Gasteiger partial charge in [-0.2, -0.15) is 0 Å². The average Bonchev–Trinajstić information content (AvgIpc) is 3.30. The third-order valence-electron chi connectivity index (χ3n) is 4.91. The molecule has 16 heteroatoms. The molecule has 13 nitrogen and oxygen atoms in total. The highest BCUT2D eigenvalue weighted by atomic mass is 35.5. The number of fused-ring (bicyclic) bond motifs is 1. The Morgan fingerprint density at radius 3 is 2.67 bits per heavy atom. The Bertz CT molecular complexity index is 1230. The van der Waals surface area contributed by atoms with E-state index in [0.29, 0.717) is 0 Å². The number of phosphoric acid groups is 1. The van der Waals surface area contributed by atoms with Crippen LogP contribution in [0, 0.1) is 5.82 Å². The number of imidazole rings is 1. The first-order valence-corrected chi connectivity index (χ1v) is 11.3. The van der Waals surface area contributed by atoms with Crippen molar-refractivity contribution in [3.63, 3.8) is 0 Å². The van der Waals surface area contributed by atoms with E-state index in [4.69, 9.17) is 26.1 Å². The molecule has 1 aliphatic rings. The fourth-order valence-electron chi connectivity index (χ4n) is 3.36. The number of phosphoric ester groups is 1. The molecule has 0 bridgehead atoms. The van der Waals surface area contributed by atoms with Gasteiger partial charge in [0.1, 0.15) is 24.6 Å². The predicted molar refractivity (Wildman–Crippen MR) is 110 cm³/mol. The van der Waals surface area contributed by atoms with Crippen molar-refractivity contribution >= 4 is 36.4 Å². The maximum absolute atomic E-state index is 13.9. The van der Waals surface area contributed by atoms with Crippen molar-refractivity contribution in [1.82, 2.24) is 19.5 Å². The molecule has 1 aliphatic heterocycles. The van der Waals surface area contributed by atoms with Gasteiger partial charge < -0.3 is 29.9 Å². The van der Waals surface area contributed by atoms with E-state index in [1.54, 1.807) is 0 Å². The molecule has 0 spiro atoms. The predicted octanol–water partition coefficient (Wildman–Crippen LogP) is 0.314. The first-order valence-electron chi connectivity index (χ1n) is 9.36. The fraction of sp³-hybridized carbons (Fsp3) is 0.353. The van der Waals surface area contributed by atoms with E-state index in [2.05, 4.69) is 24.8 Å². The van der Waals surface area contributed by atoms with Crippen LogP contribution in [-0.4, -0.2) is 69.5 Å². The van der Waals surface area contributed by atoms with Gasteiger partial charge >= 0.3 is 7.82 Å². The first kappa shape index (κ1) is 23.7. The average molecular weight is 506 g/mol. The lowest BCUT2D eigenvalue weighted by Crippen LogP contribution is -2.33. The number of halogens is 2. The second-order valence-corrected chi connectivity index (χ2v) is 8.66. The first-order chi connectivity index (χ1) is 15.6. The van der Waals surface area contributed by atoms with Gasteiger partial charge in [-0.15, -0.1) is 0 Å². The number of aliphatic hydroxyl groups is 3. The van der Waals surface area contributed by atoms with E-state index in [-0.39, 0.29) is 34.1 Å². The van der Waals surface area contributed by atoms with Gasteiger partial charge in [-0.05, 0) is 17.7 Å². The van der Waals surface area contributed by atoms with Crippen LogP contribution in [0.3, 0.4) is 0 Å². The van der Waals surface area contributed by atoms with Gasteiger partial charge in [0.15, 0.2) is 34.8 Å². The molecule has 3 heterocycles. The highest BCUT2D eigenvalue weighted by Crippen LogP contribution is 2.40. The number of hydrogen-bond donors (Lipinski definition) is 6. The molecule has 6 N–H and O–H groups in total. The zero-order valence-corrected chi connectivity index (χ0v) is 18.1. The highest BCUT2D eigenvalue weighted by molar-refractivity contribution is 7.46. The molecule has 0 unspecified atom stereocenters. The Morgan fingerprint density at radius 2 is 2.00 bits per heavy atom. The molecule has 4 atom stereocenters. The molecule has 0 aliphatic carbocycles. The number of anilines is 1. The normalized spacial score (nSPS) is 23.2. The summed E-state index contributed by atoms with van der Waals surface area (Å²) in [6.45, 7) is -0.543. The number of benzene rings is 1. The third-order valence-corrected chi connectivity index (χ3v) is 5.70. The smallest absolute Gasteiger partial charge is 0.401 e. The summed E-state index contributed by atoms with van der Waals surface area (Å²) in [7, 11) is -4.99. The molecular weight excluding hydrogens is 488 g/mol. The summed E-state index contributed by atoms with van der Waals surface area (Å²) in [5.41, 5.74) is 0.759. The van der Waals surface area contributed by atoms with Crippen LogP contribution < -0.4 is 9.84 Å². The van der Waals surface area contributed by atoms with Crippen LogP contribution in [0.4, 0.5) is 10.2 Å². The zero-order valence-electron chi connectivity index (χ0n) is 16.5. The monoisotopic (exact) mass is 505 g/mol. The highest BCUT2D eigenvalue weighted by Gasteiger charge is 2.44. The molecular formula is C17H18ClFN5O8P. The number of hydrogen-bond acceptors (Lipinski definition) is 10. The maximum atomic E-state index is 13.9. The Balaban J connectivity index is 1.59. The second kappa shape index (κ2) is 9.08. The van der Waals surface area contributed by atoms with Crippen LogP contribution in [0.1, 0.15) is 11.8 Å². The van der Waals surface area contributed by atoms with Gasteiger partial charge in [0, 0.05) is 11.6 Å². The molecule has 1 fully saturated rings. The Kier molecular flexibility index (Phi) is 6.53. The van der Waals surface area contributed by atoms with Gasteiger partial charge in [-0.25, -0.2) is 23.9 Å². The number of aliphatic hydroxyl groups excluding tert-OH is 3. The van der Waals surface area contributed by atoms with Crippen molar-refractivity contribution in [1.29, 1.82) is 0 Å². The van der Waals surface area contributed by atoms with Crippen molar-refractivity contribution in [2.75, 3.05) is 11.9 Å². The lowest BCUT2D eigenvalue weighted by atomic mass is 10.1. The van der Waals surface area contributed by atoms with Crippen molar-refractivity contribution in [2.24, 2.45) is 0 Å². The molecule has 1 aromatic carbocycles. The summed E-state index contributed by atoms with van der Waals surface area (Å²) in [5.74, 6) is -1.50. The third kappa shape index (κ3) is 4.78. The number of aromatic nitrogens is 4. The van der Waals surface area contributed by atoms with Crippen LogP contribution in [0.2, 0.25) is 5.02 Å². The van der Waals surface area contributed by atoms with Crippen LogP contribution >= 0.6 is 19.4 Å². The van der Waals surface area contributed by atoms with Gasteiger partial charge in [-0.1, -0.05) is 11.6 Å². The molecule has 0 amide bonds. The molecule has 3 aromatic rings. The van der Waals surface area contributed by atoms with E-state index >= 15 is 0 Å². The van der Waals surface area contributed by atoms with Gasteiger partial charge in [0.2, 0.25) is 0 Å². The number of ether oxygens (including phenoxy) is 1. The minimum absolute atomic E-state index is 0.0274. The second-order valence-electron chi connectivity index (χ2n) is 7.08. The molecule has 0 saturated carbocycles. The molecule has 4 rings (SSSR count). The van der Waals surface area contributed by atoms with Crippen molar-refractivity contribution in [3.05, 3.63) is 41.2 Å². The van der Waals surface area contributed by atoms with E-state index in [1.807, 2.05) is 0 Å². The number of nitrogens with zero attached hydrogens (tertiary/aromatic N) is 4. The molecule has 33 heavy (non-hydrogen) atoms. The SMILES string of the molecule is O=P(O)(O)Oc1cc(CNc2ncnc3c2ncn3[C@@H]2O[C@H](CO)[C@@H](O)[C@H]2O)c(Cl)cc1F. The van der Waals surface area contributed by atoms with E-state index < -0.39 is 50.5 Å². The van der Waals surface area contributed by atoms with Gasteiger partial charge in [0.05, 0.1) is 12.9 Å². The maximum Gasteiger partial charge on any atom is 0.524 e.